The van der Waals surface area contributed by atoms with Crippen LogP contribution >= 0.6 is 0 Å². The summed E-state index contributed by atoms with van der Waals surface area (Å²) >= 11 is 0. The van der Waals surface area contributed by atoms with Crippen molar-refractivity contribution >= 4 is 21.1 Å². The lowest BCUT2D eigenvalue weighted by atomic mass is 10.0. The number of aromatic nitrogens is 3. The molecule has 0 bridgehead atoms. The van der Waals surface area contributed by atoms with E-state index in [1.807, 2.05) is 36.7 Å². The molecule has 3 aromatic heterocycles. The van der Waals surface area contributed by atoms with E-state index in [1.165, 1.54) is 10.6 Å². The van der Waals surface area contributed by atoms with Gasteiger partial charge in [-0.2, -0.15) is 4.31 Å². The topological polar surface area (TPSA) is 86.6 Å². The van der Waals surface area contributed by atoms with Gasteiger partial charge in [0.2, 0.25) is 15.9 Å². The third kappa shape index (κ3) is 4.92. The van der Waals surface area contributed by atoms with Crippen molar-refractivity contribution in [3.05, 3.63) is 41.2 Å². The lowest BCUT2D eigenvalue weighted by molar-refractivity contribution is 0.0324. The minimum Gasteiger partial charge on any atom is -0.480 e. The fraction of sp³-hybridized carbons (Fsp3) is 0.520. The van der Waals surface area contributed by atoms with Crippen molar-refractivity contribution in [1.82, 2.24) is 18.8 Å². The van der Waals surface area contributed by atoms with Crippen LogP contribution in [0.3, 0.4) is 0 Å². The molecule has 0 unspecified atom stereocenters. The van der Waals surface area contributed by atoms with Crippen LogP contribution in [0.5, 0.6) is 5.88 Å². The second-order valence-electron chi connectivity index (χ2n) is 9.43. The molecule has 10 heteroatoms. The fourth-order valence-electron chi connectivity index (χ4n) is 4.71. The van der Waals surface area contributed by atoms with Crippen LogP contribution in [-0.4, -0.2) is 73.1 Å². The van der Waals surface area contributed by atoms with E-state index in [0.29, 0.717) is 5.88 Å². The Morgan fingerprint density at radius 1 is 1.17 bits per heavy atom. The molecule has 1 fully saturated rings. The molecular weight excluding hydrogens is 471 g/mol. The maximum absolute atomic E-state index is 12.9. The van der Waals surface area contributed by atoms with E-state index in [-0.39, 0.29) is 31.7 Å². The Hall–Kier alpha value is -2.56. The predicted octanol–water partition coefficient (Wildman–Crippen LogP) is 4.02. The number of alkyl halides is 1. The molecule has 0 saturated carbocycles. The monoisotopic (exact) mass is 504 g/mol. The van der Waals surface area contributed by atoms with E-state index < -0.39 is 22.8 Å². The number of rotatable bonds is 8. The van der Waals surface area contributed by atoms with Gasteiger partial charge in [0.15, 0.2) is 0 Å². The second-order valence-corrected chi connectivity index (χ2v) is 11.4. The zero-order valence-corrected chi connectivity index (χ0v) is 21.9. The van der Waals surface area contributed by atoms with Crippen molar-refractivity contribution < 1.29 is 22.3 Å². The van der Waals surface area contributed by atoms with E-state index in [4.69, 9.17) is 14.5 Å². The van der Waals surface area contributed by atoms with Crippen LogP contribution in [0.1, 0.15) is 42.6 Å². The zero-order valence-electron chi connectivity index (χ0n) is 21.1. The first kappa shape index (κ1) is 25.5. The number of sulfonamides is 1. The summed E-state index contributed by atoms with van der Waals surface area (Å²) in [6, 6.07) is 5.75. The number of pyridine rings is 2. The van der Waals surface area contributed by atoms with Crippen LogP contribution in [0.2, 0.25) is 0 Å². The number of aryl methyl sites for hydroxylation is 2. The molecule has 1 saturated heterocycles. The predicted molar refractivity (Wildman–Crippen MR) is 134 cm³/mol. The molecule has 1 aliphatic rings. The molecule has 2 atom stereocenters. The number of fused-ring (bicyclic) bond motifs is 1. The largest absolute Gasteiger partial charge is 0.480 e. The average molecular weight is 505 g/mol. The summed E-state index contributed by atoms with van der Waals surface area (Å²) in [6.45, 7) is 7.89. The summed E-state index contributed by atoms with van der Waals surface area (Å²) in [5.74, 6) is 0.804. The highest BCUT2D eigenvalue weighted by molar-refractivity contribution is 7.88. The van der Waals surface area contributed by atoms with Crippen LogP contribution in [0.25, 0.3) is 22.3 Å². The molecule has 8 nitrogen and oxygen atoms in total. The fourth-order valence-corrected chi connectivity index (χ4v) is 5.55. The Balaban J connectivity index is 1.80. The lowest BCUT2D eigenvalue weighted by Gasteiger charge is -2.21. The van der Waals surface area contributed by atoms with E-state index >= 15 is 0 Å². The quantitative estimate of drug-likeness (QED) is 0.461. The van der Waals surface area contributed by atoms with Gasteiger partial charge < -0.3 is 14.0 Å². The highest BCUT2D eigenvalue weighted by Gasteiger charge is 2.39. The van der Waals surface area contributed by atoms with Gasteiger partial charge in [0.05, 0.1) is 54.4 Å². The SMILES string of the molecule is COc1nc(C(C)C)ccc1-c1nc2c(C)cn([C@@H]3CN(S(C)(=O)=O)C[C@H]3OCCF)c2cc1C. The summed E-state index contributed by atoms with van der Waals surface area (Å²) < 4.78 is 52.1. The van der Waals surface area contributed by atoms with Crippen molar-refractivity contribution in [3.8, 4) is 17.1 Å². The average Bonchev–Trinajstić information content (AvgIpc) is 3.37. The van der Waals surface area contributed by atoms with Crippen molar-refractivity contribution in [2.75, 3.05) is 39.7 Å². The molecule has 0 amide bonds. The molecular formula is C25H33FN4O4S. The summed E-state index contributed by atoms with van der Waals surface area (Å²) in [7, 11) is -1.80. The molecule has 0 aliphatic carbocycles. The Bertz CT molecular complexity index is 1340. The molecule has 3 aromatic rings. The third-order valence-corrected chi connectivity index (χ3v) is 7.77. The molecule has 190 valence electrons. The molecule has 0 radical (unpaired) electrons. The summed E-state index contributed by atoms with van der Waals surface area (Å²) in [4.78, 5) is 9.67. The Kier molecular flexibility index (Phi) is 7.17. The minimum absolute atomic E-state index is 0.0719. The van der Waals surface area contributed by atoms with Gasteiger partial charge in [-0.25, -0.2) is 22.8 Å². The number of halogens is 1. The number of methoxy groups -OCH3 is 1. The van der Waals surface area contributed by atoms with Gasteiger partial charge in [-0.15, -0.1) is 0 Å². The number of hydrogen-bond donors (Lipinski definition) is 0. The standard InChI is InChI=1S/C25H33FN4O4S/c1-15(2)19-8-7-18(25(27-19)33-5)23-16(3)11-20-24(28-23)17(4)12-30(20)21-13-29(35(6,31)32)14-22(21)34-10-9-26/h7-8,11-12,15,21-22H,9-10,13-14H2,1-6H3/t21-,22-/m1/s1. The molecule has 0 spiro atoms. The molecule has 1 aliphatic heterocycles. The minimum atomic E-state index is -3.41. The van der Waals surface area contributed by atoms with E-state index in [1.54, 1.807) is 7.11 Å². The Labute approximate surface area is 206 Å². The Morgan fingerprint density at radius 2 is 1.91 bits per heavy atom. The second kappa shape index (κ2) is 9.83. The van der Waals surface area contributed by atoms with Crippen LogP contribution < -0.4 is 4.74 Å². The van der Waals surface area contributed by atoms with Gasteiger partial charge in [-0.05, 0) is 49.1 Å². The van der Waals surface area contributed by atoms with Crippen molar-refractivity contribution in [2.45, 2.75) is 45.8 Å². The van der Waals surface area contributed by atoms with Crippen LogP contribution in [-0.2, 0) is 14.8 Å². The normalized spacial score (nSPS) is 19.2. The van der Waals surface area contributed by atoms with Gasteiger partial charge in [0, 0.05) is 25.0 Å². The van der Waals surface area contributed by atoms with Crippen LogP contribution in [0, 0.1) is 13.8 Å². The van der Waals surface area contributed by atoms with E-state index in [9.17, 15) is 12.8 Å². The molecule has 35 heavy (non-hydrogen) atoms. The summed E-state index contributed by atoms with van der Waals surface area (Å²) in [5.41, 5.74) is 6.13. The first-order valence-electron chi connectivity index (χ1n) is 11.7. The zero-order chi connectivity index (χ0) is 25.5. The van der Waals surface area contributed by atoms with Crippen molar-refractivity contribution in [2.24, 2.45) is 0 Å². The van der Waals surface area contributed by atoms with Gasteiger partial charge in [0.25, 0.3) is 0 Å². The maximum atomic E-state index is 12.9. The van der Waals surface area contributed by atoms with E-state index in [0.717, 1.165) is 39.1 Å². The lowest BCUT2D eigenvalue weighted by Crippen LogP contribution is -2.29. The van der Waals surface area contributed by atoms with Crippen LogP contribution in [0.15, 0.2) is 24.4 Å². The first-order valence-corrected chi connectivity index (χ1v) is 13.6. The smallest absolute Gasteiger partial charge is 0.222 e. The number of ether oxygens (including phenoxy) is 2. The highest BCUT2D eigenvalue weighted by atomic mass is 32.2. The Morgan fingerprint density at radius 3 is 2.54 bits per heavy atom. The summed E-state index contributed by atoms with van der Waals surface area (Å²) in [5, 5.41) is 0. The third-order valence-electron chi connectivity index (χ3n) is 6.54. The van der Waals surface area contributed by atoms with Gasteiger partial charge >= 0.3 is 0 Å². The van der Waals surface area contributed by atoms with Crippen molar-refractivity contribution in [1.29, 1.82) is 0 Å². The van der Waals surface area contributed by atoms with E-state index in [2.05, 4.69) is 24.9 Å². The van der Waals surface area contributed by atoms with Gasteiger partial charge in [0.1, 0.15) is 6.67 Å². The molecule has 4 rings (SSSR count). The number of nitrogens with zero attached hydrogens (tertiary/aromatic N) is 4. The number of hydrogen-bond acceptors (Lipinski definition) is 6. The van der Waals surface area contributed by atoms with Gasteiger partial charge in [-0.3, -0.25) is 0 Å². The maximum Gasteiger partial charge on any atom is 0.222 e. The molecule has 4 heterocycles. The van der Waals surface area contributed by atoms with Crippen molar-refractivity contribution in [3.63, 3.8) is 0 Å². The molecule has 0 aromatic carbocycles. The van der Waals surface area contributed by atoms with Gasteiger partial charge in [-0.1, -0.05) is 13.8 Å². The molecule has 0 N–H and O–H groups in total. The summed E-state index contributed by atoms with van der Waals surface area (Å²) in [6.07, 6.45) is 2.70. The van der Waals surface area contributed by atoms with Crippen LogP contribution in [0.4, 0.5) is 4.39 Å². The first-order chi connectivity index (χ1) is 16.5. The highest BCUT2D eigenvalue weighted by Crippen LogP contribution is 2.36.